The van der Waals surface area contributed by atoms with E-state index in [4.69, 9.17) is 0 Å². The van der Waals surface area contributed by atoms with Gasteiger partial charge in [0.2, 0.25) is 0 Å². The molecule has 1 aliphatic carbocycles. The summed E-state index contributed by atoms with van der Waals surface area (Å²) in [5.41, 5.74) is 0.805. The standard InChI is InChI=1S/C21H20P.C7H14O2/c1-4-10-18(11-5-1)22(21-16-17-21,19-12-6-2-7-13-19)20-14-8-3-9-15-20;1-2-3-4-5-6-7(8)9/h1-15,21H,16-17H2;2-6H2,1H3,(H,8,9)/q+1;/p-1. The van der Waals surface area contributed by atoms with Crippen LogP contribution in [0.1, 0.15) is 51.9 Å². The summed E-state index contributed by atoms with van der Waals surface area (Å²) in [5, 5.41) is 14.4. The molecule has 0 heterocycles. The lowest BCUT2D eigenvalue weighted by molar-refractivity contribution is -0.305. The molecule has 1 aliphatic rings. The highest BCUT2D eigenvalue weighted by molar-refractivity contribution is 7.96. The van der Waals surface area contributed by atoms with Crippen molar-refractivity contribution in [3.63, 3.8) is 0 Å². The first-order chi connectivity index (χ1) is 15.2. The van der Waals surface area contributed by atoms with Crippen molar-refractivity contribution >= 4 is 29.1 Å². The van der Waals surface area contributed by atoms with Crippen LogP contribution in [0.3, 0.4) is 0 Å². The van der Waals surface area contributed by atoms with E-state index in [1.165, 1.54) is 28.8 Å². The molecular weight excluding hydrogens is 399 g/mol. The SMILES string of the molecule is CCCCCCC(=O)[O-].c1ccc([P+](c2ccccc2)(c2ccccc2)C2CC2)cc1. The summed E-state index contributed by atoms with van der Waals surface area (Å²) in [7, 11) is -1.51. The smallest absolute Gasteiger partial charge is 0.115 e. The Morgan fingerprint density at radius 1 is 0.742 bits per heavy atom. The van der Waals surface area contributed by atoms with Gasteiger partial charge in [-0.15, -0.1) is 0 Å². The first-order valence-corrected chi connectivity index (χ1v) is 13.3. The summed E-state index contributed by atoms with van der Waals surface area (Å²) >= 11 is 0. The van der Waals surface area contributed by atoms with Crippen LogP contribution in [0, 0.1) is 0 Å². The quantitative estimate of drug-likeness (QED) is 0.358. The fraction of sp³-hybridized carbons (Fsp3) is 0.321. The lowest BCUT2D eigenvalue weighted by Gasteiger charge is -2.27. The molecule has 0 amide bonds. The first kappa shape index (κ1) is 23.2. The van der Waals surface area contributed by atoms with Gasteiger partial charge in [-0.25, -0.2) is 0 Å². The van der Waals surface area contributed by atoms with Gasteiger partial charge in [0.1, 0.15) is 23.2 Å². The minimum absolute atomic E-state index is 0.222. The number of benzene rings is 3. The van der Waals surface area contributed by atoms with Crippen LogP contribution in [0.4, 0.5) is 0 Å². The molecule has 0 bridgehead atoms. The minimum Gasteiger partial charge on any atom is -0.550 e. The van der Waals surface area contributed by atoms with Gasteiger partial charge in [0.15, 0.2) is 0 Å². The van der Waals surface area contributed by atoms with E-state index in [2.05, 4.69) is 97.9 Å². The number of carbonyl (C=O) groups excluding carboxylic acids is 1. The fourth-order valence-electron chi connectivity index (χ4n) is 4.23. The van der Waals surface area contributed by atoms with E-state index in [1.807, 2.05) is 0 Å². The van der Waals surface area contributed by atoms with Gasteiger partial charge in [0.25, 0.3) is 0 Å². The van der Waals surface area contributed by atoms with Crippen LogP contribution < -0.4 is 21.0 Å². The second-order valence-corrected chi connectivity index (χ2v) is 11.9. The number of hydrogen-bond acceptors (Lipinski definition) is 2. The van der Waals surface area contributed by atoms with Crippen molar-refractivity contribution in [3.05, 3.63) is 91.0 Å². The third kappa shape index (κ3) is 6.05. The van der Waals surface area contributed by atoms with Gasteiger partial charge in [0.05, 0.1) is 5.66 Å². The van der Waals surface area contributed by atoms with Crippen molar-refractivity contribution in [1.29, 1.82) is 0 Å². The molecule has 0 atom stereocenters. The Morgan fingerprint density at radius 3 is 1.48 bits per heavy atom. The summed E-state index contributed by atoms with van der Waals surface area (Å²) in [6, 6.07) is 33.6. The predicted octanol–water partition coefficient (Wildman–Crippen LogP) is 4.85. The van der Waals surface area contributed by atoms with E-state index in [0.29, 0.717) is 0 Å². The van der Waals surface area contributed by atoms with Gasteiger partial charge >= 0.3 is 0 Å². The molecule has 1 fully saturated rings. The van der Waals surface area contributed by atoms with Crippen molar-refractivity contribution in [2.45, 2.75) is 57.5 Å². The third-order valence-electron chi connectivity index (χ3n) is 5.82. The monoisotopic (exact) mass is 432 g/mol. The van der Waals surface area contributed by atoms with Gasteiger partial charge in [-0.05, 0) is 62.1 Å². The highest BCUT2D eigenvalue weighted by atomic mass is 31.2. The Kier molecular flexibility index (Phi) is 8.85. The summed E-state index contributed by atoms with van der Waals surface area (Å²) in [6.07, 6.45) is 7.00. The number of rotatable bonds is 9. The highest BCUT2D eigenvalue weighted by Crippen LogP contribution is 2.67. The molecule has 0 spiro atoms. The number of hydrogen-bond donors (Lipinski definition) is 0. The average Bonchev–Trinajstić information content (AvgIpc) is 3.66. The summed E-state index contributed by atoms with van der Waals surface area (Å²) in [5.74, 6) is -0.925. The Labute approximate surface area is 187 Å². The van der Waals surface area contributed by atoms with Crippen molar-refractivity contribution in [3.8, 4) is 0 Å². The molecule has 0 N–H and O–H groups in total. The van der Waals surface area contributed by atoms with Crippen LogP contribution in [0.15, 0.2) is 91.0 Å². The molecule has 4 rings (SSSR count). The molecule has 3 heteroatoms. The van der Waals surface area contributed by atoms with Crippen molar-refractivity contribution in [2.75, 3.05) is 0 Å². The number of aliphatic carboxylic acids is 1. The molecule has 31 heavy (non-hydrogen) atoms. The number of unbranched alkanes of at least 4 members (excludes halogenated alkanes) is 3. The molecule has 1 saturated carbocycles. The zero-order chi connectivity index (χ0) is 21.9. The van der Waals surface area contributed by atoms with Gasteiger partial charge < -0.3 is 9.90 Å². The van der Waals surface area contributed by atoms with Crippen molar-refractivity contribution < 1.29 is 9.90 Å². The van der Waals surface area contributed by atoms with E-state index < -0.39 is 13.2 Å². The number of carboxylic acids is 1. The Morgan fingerprint density at radius 2 is 1.16 bits per heavy atom. The number of carbonyl (C=O) groups is 1. The van der Waals surface area contributed by atoms with E-state index in [1.54, 1.807) is 0 Å². The summed E-state index contributed by atoms with van der Waals surface area (Å²) in [4.78, 5) is 9.85. The zero-order valence-corrected chi connectivity index (χ0v) is 19.3. The van der Waals surface area contributed by atoms with Gasteiger partial charge in [-0.3, -0.25) is 0 Å². The normalized spacial score (nSPS) is 13.2. The maximum atomic E-state index is 9.85. The van der Waals surface area contributed by atoms with E-state index >= 15 is 0 Å². The number of carboxylic acid groups (broad SMARTS) is 1. The maximum absolute atomic E-state index is 9.85. The van der Waals surface area contributed by atoms with Gasteiger partial charge in [0, 0.05) is 5.97 Å². The molecule has 2 nitrogen and oxygen atoms in total. The topological polar surface area (TPSA) is 40.1 Å². The van der Waals surface area contributed by atoms with Gasteiger partial charge in [-0.2, -0.15) is 0 Å². The Balaban J connectivity index is 0.000000259. The van der Waals surface area contributed by atoms with Gasteiger partial charge in [-0.1, -0.05) is 80.8 Å². The molecule has 3 aromatic rings. The van der Waals surface area contributed by atoms with Crippen LogP contribution in [0.5, 0.6) is 0 Å². The highest BCUT2D eigenvalue weighted by Gasteiger charge is 2.57. The van der Waals surface area contributed by atoms with Crippen LogP contribution in [0.25, 0.3) is 0 Å². The van der Waals surface area contributed by atoms with E-state index in [0.717, 1.165) is 31.3 Å². The van der Waals surface area contributed by atoms with Crippen molar-refractivity contribution in [1.82, 2.24) is 0 Å². The largest absolute Gasteiger partial charge is 0.550 e. The summed E-state index contributed by atoms with van der Waals surface area (Å²) in [6.45, 7) is 2.10. The molecular formula is C28H33O2P. The Bertz CT molecular complexity index is 809. The lowest BCUT2D eigenvalue weighted by Crippen LogP contribution is -2.34. The molecule has 0 unspecified atom stereocenters. The Hall–Kier alpha value is -2.44. The molecule has 0 radical (unpaired) electrons. The molecule has 0 aromatic heterocycles. The van der Waals surface area contributed by atoms with Crippen LogP contribution in [-0.4, -0.2) is 11.6 Å². The fourth-order valence-corrected chi connectivity index (χ4v) is 9.24. The average molecular weight is 433 g/mol. The molecule has 162 valence electrons. The van der Waals surface area contributed by atoms with E-state index in [-0.39, 0.29) is 6.42 Å². The van der Waals surface area contributed by atoms with E-state index in [9.17, 15) is 9.90 Å². The second-order valence-electron chi connectivity index (χ2n) is 8.14. The van der Waals surface area contributed by atoms with Crippen LogP contribution in [0.2, 0.25) is 0 Å². The predicted molar refractivity (Wildman–Crippen MR) is 132 cm³/mol. The molecule has 3 aromatic carbocycles. The zero-order valence-electron chi connectivity index (χ0n) is 18.5. The van der Waals surface area contributed by atoms with Crippen molar-refractivity contribution in [2.24, 2.45) is 0 Å². The summed E-state index contributed by atoms with van der Waals surface area (Å²) < 4.78 is 0. The second kappa shape index (κ2) is 11.8. The third-order valence-corrected chi connectivity index (χ3v) is 10.8. The van der Waals surface area contributed by atoms with Crippen LogP contribution >= 0.6 is 7.26 Å². The molecule has 0 saturated heterocycles. The minimum atomic E-state index is -1.51. The molecule has 0 aliphatic heterocycles. The van der Waals surface area contributed by atoms with Crippen LogP contribution in [-0.2, 0) is 4.79 Å². The maximum Gasteiger partial charge on any atom is 0.115 e. The first-order valence-electron chi connectivity index (χ1n) is 11.4. The lowest BCUT2D eigenvalue weighted by atomic mass is 10.2.